The van der Waals surface area contributed by atoms with Crippen LogP contribution < -0.4 is 5.32 Å². The lowest BCUT2D eigenvalue weighted by Gasteiger charge is -2.38. The number of hydrogen-bond donors (Lipinski definition) is 1. The van der Waals surface area contributed by atoms with Gasteiger partial charge in [-0.2, -0.15) is 0 Å². The van der Waals surface area contributed by atoms with Crippen molar-refractivity contribution in [2.45, 2.75) is 45.8 Å². The molecule has 2 heteroatoms. The Morgan fingerprint density at radius 3 is 2.46 bits per heavy atom. The highest BCUT2D eigenvalue weighted by Gasteiger charge is 2.25. The van der Waals surface area contributed by atoms with Gasteiger partial charge in [0.25, 0.3) is 0 Å². The zero-order chi connectivity index (χ0) is 16.8. The van der Waals surface area contributed by atoms with Gasteiger partial charge in [0.05, 0.1) is 0 Å². The van der Waals surface area contributed by atoms with Crippen LogP contribution in [0.3, 0.4) is 0 Å². The summed E-state index contributed by atoms with van der Waals surface area (Å²) in [6.07, 6.45) is 2.49. The van der Waals surface area contributed by atoms with Crippen LogP contribution in [-0.2, 0) is 19.5 Å². The highest BCUT2D eigenvalue weighted by Crippen LogP contribution is 2.26. The minimum atomic E-state index is 0.679. The highest BCUT2D eigenvalue weighted by molar-refractivity contribution is 5.30. The molecule has 3 rings (SSSR count). The second-order valence-electron chi connectivity index (χ2n) is 7.39. The summed E-state index contributed by atoms with van der Waals surface area (Å²) in [5, 5.41) is 3.61. The van der Waals surface area contributed by atoms with E-state index in [9.17, 15) is 0 Å². The van der Waals surface area contributed by atoms with E-state index in [2.05, 4.69) is 78.7 Å². The molecule has 0 amide bonds. The average Bonchev–Trinajstić information content (AvgIpc) is 2.59. The van der Waals surface area contributed by atoms with Crippen LogP contribution >= 0.6 is 0 Å². The predicted octanol–water partition coefficient (Wildman–Crippen LogP) is 4.25. The van der Waals surface area contributed by atoms with Gasteiger partial charge in [-0.05, 0) is 35.4 Å². The Labute approximate surface area is 146 Å². The first kappa shape index (κ1) is 17.2. The van der Waals surface area contributed by atoms with E-state index in [0.29, 0.717) is 6.04 Å². The van der Waals surface area contributed by atoms with Crippen LogP contribution in [-0.4, -0.2) is 24.0 Å². The lowest BCUT2D eigenvalue weighted by molar-refractivity contribution is 0.151. The van der Waals surface area contributed by atoms with Gasteiger partial charge in [0.15, 0.2) is 0 Å². The van der Waals surface area contributed by atoms with E-state index in [0.717, 1.165) is 32.1 Å². The molecule has 0 saturated carbocycles. The van der Waals surface area contributed by atoms with Crippen molar-refractivity contribution in [3.05, 3.63) is 71.3 Å². The van der Waals surface area contributed by atoms with Crippen molar-refractivity contribution in [3.63, 3.8) is 0 Å². The van der Waals surface area contributed by atoms with Crippen molar-refractivity contribution in [3.8, 4) is 0 Å². The fraction of sp³-hybridized carbons (Fsp3) is 0.455. The molecular weight excluding hydrogens is 292 g/mol. The Morgan fingerprint density at radius 2 is 1.71 bits per heavy atom. The third-order valence-corrected chi connectivity index (χ3v) is 4.95. The van der Waals surface area contributed by atoms with E-state index < -0.39 is 0 Å². The fourth-order valence-electron chi connectivity index (χ4n) is 3.73. The van der Waals surface area contributed by atoms with Gasteiger partial charge < -0.3 is 5.32 Å². The molecule has 24 heavy (non-hydrogen) atoms. The standard InChI is InChI=1S/C22H30N2/c1-18(2)14-22-15-20-10-6-7-11-21(20)17-24(22)13-12-23-16-19-8-4-3-5-9-19/h3-11,18,22-23H,12-17H2,1-2H3. The summed E-state index contributed by atoms with van der Waals surface area (Å²) in [6.45, 7) is 8.91. The van der Waals surface area contributed by atoms with Gasteiger partial charge in [-0.25, -0.2) is 0 Å². The molecule has 0 fully saturated rings. The summed E-state index contributed by atoms with van der Waals surface area (Å²) in [7, 11) is 0. The summed E-state index contributed by atoms with van der Waals surface area (Å²) in [4.78, 5) is 2.68. The first-order valence-electron chi connectivity index (χ1n) is 9.28. The molecule has 2 aromatic carbocycles. The first-order valence-corrected chi connectivity index (χ1v) is 9.28. The molecule has 1 unspecified atom stereocenters. The zero-order valence-electron chi connectivity index (χ0n) is 15.0. The van der Waals surface area contributed by atoms with Crippen LogP contribution in [0, 0.1) is 5.92 Å². The van der Waals surface area contributed by atoms with E-state index >= 15 is 0 Å². The molecule has 2 aromatic rings. The van der Waals surface area contributed by atoms with Crippen molar-refractivity contribution >= 4 is 0 Å². The Hall–Kier alpha value is -1.64. The normalized spacial score (nSPS) is 17.9. The summed E-state index contributed by atoms with van der Waals surface area (Å²) in [6, 6.07) is 20.3. The van der Waals surface area contributed by atoms with Crippen LogP contribution in [0.25, 0.3) is 0 Å². The number of nitrogens with zero attached hydrogens (tertiary/aromatic N) is 1. The van der Waals surface area contributed by atoms with Gasteiger partial charge in [-0.1, -0.05) is 68.4 Å². The van der Waals surface area contributed by atoms with Crippen molar-refractivity contribution in [2.24, 2.45) is 5.92 Å². The van der Waals surface area contributed by atoms with Crippen molar-refractivity contribution < 1.29 is 0 Å². The van der Waals surface area contributed by atoms with Gasteiger partial charge in [0.2, 0.25) is 0 Å². The summed E-state index contributed by atoms with van der Waals surface area (Å²) < 4.78 is 0. The lowest BCUT2D eigenvalue weighted by Crippen LogP contribution is -2.44. The molecule has 1 heterocycles. The van der Waals surface area contributed by atoms with Crippen molar-refractivity contribution in [1.29, 1.82) is 0 Å². The molecule has 2 nitrogen and oxygen atoms in total. The zero-order valence-corrected chi connectivity index (χ0v) is 15.0. The topological polar surface area (TPSA) is 15.3 Å². The minimum Gasteiger partial charge on any atom is -0.311 e. The smallest absolute Gasteiger partial charge is 0.0240 e. The predicted molar refractivity (Wildman–Crippen MR) is 102 cm³/mol. The van der Waals surface area contributed by atoms with Gasteiger partial charge in [0.1, 0.15) is 0 Å². The molecule has 1 N–H and O–H groups in total. The van der Waals surface area contributed by atoms with Crippen molar-refractivity contribution in [2.75, 3.05) is 13.1 Å². The third kappa shape index (κ3) is 4.68. The van der Waals surface area contributed by atoms with Crippen LogP contribution in [0.15, 0.2) is 54.6 Å². The lowest BCUT2D eigenvalue weighted by atomic mass is 9.89. The summed E-state index contributed by atoms with van der Waals surface area (Å²) >= 11 is 0. The quantitative estimate of drug-likeness (QED) is 0.767. The molecule has 0 aromatic heterocycles. The van der Waals surface area contributed by atoms with E-state index in [-0.39, 0.29) is 0 Å². The van der Waals surface area contributed by atoms with Crippen molar-refractivity contribution in [1.82, 2.24) is 10.2 Å². The van der Waals surface area contributed by atoms with Crippen LogP contribution in [0.4, 0.5) is 0 Å². The van der Waals surface area contributed by atoms with E-state index in [1.165, 1.54) is 24.0 Å². The van der Waals surface area contributed by atoms with Crippen LogP contribution in [0.2, 0.25) is 0 Å². The van der Waals surface area contributed by atoms with E-state index in [1.807, 2.05) is 0 Å². The average molecular weight is 322 g/mol. The maximum absolute atomic E-state index is 3.61. The number of nitrogens with one attached hydrogen (secondary N) is 1. The summed E-state index contributed by atoms with van der Waals surface area (Å²) in [5.41, 5.74) is 4.43. The monoisotopic (exact) mass is 322 g/mol. The van der Waals surface area contributed by atoms with Gasteiger partial charge >= 0.3 is 0 Å². The van der Waals surface area contributed by atoms with E-state index in [4.69, 9.17) is 0 Å². The summed E-state index contributed by atoms with van der Waals surface area (Å²) in [5.74, 6) is 0.750. The Kier molecular flexibility index (Phi) is 6.06. The van der Waals surface area contributed by atoms with Gasteiger partial charge in [-0.3, -0.25) is 4.90 Å². The van der Waals surface area contributed by atoms with E-state index in [1.54, 1.807) is 5.56 Å². The fourth-order valence-corrected chi connectivity index (χ4v) is 3.73. The molecule has 128 valence electrons. The SMILES string of the molecule is CC(C)CC1Cc2ccccc2CN1CCNCc1ccccc1. The highest BCUT2D eigenvalue weighted by atomic mass is 15.2. The maximum atomic E-state index is 3.61. The molecular formula is C22H30N2. The minimum absolute atomic E-state index is 0.679. The number of fused-ring (bicyclic) bond motifs is 1. The Bertz CT molecular complexity index is 621. The molecule has 0 aliphatic carbocycles. The first-order chi connectivity index (χ1) is 11.7. The molecule has 1 atom stereocenters. The molecule has 0 radical (unpaired) electrons. The number of rotatable bonds is 7. The number of hydrogen-bond acceptors (Lipinski definition) is 2. The Morgan fingerprint density at radius 1 is 1.00 bits per heavy atom. The maximum Gasteiger partial charge on any atom is 0.0240 e. The molecule has 1 aliphatic rings. The third-order valence-electron chi connectivity index (χ3n) is 4.95. The van der Waals surface area contributed by atoms with Gasteiger partial charge in [0, 0.05) is 32.2 Å². The molecule has 0 spiro atoms. The second kappa shape index (κ2) is 8.46. The van der Waals surface area contributed by atoms with Crippen LogP contribution in [0.5, 0.6) is 0 Å². The van der Waals surface area contributed by atoms with Crippen LogP contribution in [0.1, 0.15) is 37.0 Å². The molecule has 1 aliphatic heterocycles. The number of benzene rings is 2. The Balaban J connectivity index is 1.55. The molecule has 0 bridgehead atoms. The second-order valence-corrected chi connectivity index (χ2v) is 7.39. The van der Waals surface area contributed by atoms with Gasteiger partial charge in [-0.15, -0.1) is 0 Å². The molecule has 0 saturated heterocycles. The largest absolute Gasteiger partial charge is 0.311 e.